The highest BCUT2D eigenvalue weighted by atomic mass is 32.2. The fourth-order valence-corrected chi connectivity index (χ4v) is 4.20. The summed E-state index contributed by atoms with van der Waals surface area (Å²) in [5, 5.41) is 12.4. The molecule has 104 valence electrons. The molecule has 2 heterocycles. The molecule has 0 amide bonds. The third-order valence-corrected chi connectivity index (χ3v) is 4.64. The van der Waals surface area contributed by atoms with Crippen LogP contribution in [0.5, 0.6) is 0 Å². The zero-order valence-corrected chi connectivity index (χ0v) is 13.0. The minimum Gasteiger partial charge on any atom is -0.622 e. The third kappa shape index (κ3) is 2.95. The molecule has 1 aliphatic rings. The van der Waals surface area contributed by atoms with Crippen LogP contribution in [0.25, 0.3) is 0 Å². The topological polar surface area (TPSA) is 42.5 Å². The first-order valence-corrected chi connectivity index (χ1v) is 7.51. The van der Waals surface area contributed by atoms with Crippen LogP contribution in [0.4, 0.5) is 0 Å². The van der Waals surface area contributed by atoms with E-state index in [2.05, 4.69) is 6.92 Å². The maximum Gasteiger partial charge on any atom is 0.254 e. The molecular weight excluding hydrogens is 280 g/mol. The molecule has 0 N–H and O–H groups in total. The predicted molar refractivity (Wildman–Crippen MR) is 82.6 cm³/mol. The van der Waals surface area contributed by atoms with E-state index < -0.39 is 0 Å². The van der Waals surface area contributed by atoms with Crippen LogP contribution >= 0.6 is 24.0 Å². The maximum absolute atomic E-state index is 12.4. The molecule has 1 aliphatic heterocycles. The zero-order chi connectivity index (χ0) is 14.0. The van der Waals surface area contributed by atoms with Gasteiger partial charge in [0.1, 0.15) is 9.07 Å². The number of nitrogens with zero attached hydrogens (tertiary/aromatic N) is 2. The molecule has 2 rings (SSSR count). The van der Waals surface area contributed by atoms with E-state index in [-0.39, 0.29) is 10.9 Å². The Labute approximate surface area is 123 Å². The van der Waals surface area contributed by atoms with Crippen molar-refractivity contribution in [2.45, 2.75) is 38.1 Å². The Hall–Kier alpha value is -1.01. The van der Waals surface area contributed by atoms with Crippen molar-refractivity contribution in [3.8, 4) is 0 Å². The van der Waals surface area contributed by atoms with Gasteiger partial charge in [-0.1, -0.05) is 30.9 Å². The van der Waals surface area contributed by atoms with Crippen LogP contribution in [0.3, 0.4) is 0 Å². The van der Waals surface area contributed by atoms with E-state index in [9.17, 15) is 5.21 Å². The molecule has 0 radical (unpaired) electrons. The second kappa shape index (κ2) is 5.54. The van der Waals surface area contributed by atoms with E-state index in [0.717, 1.165) is 22.0 Å². The zero-order valence-electron chi connectivity index (χ0n) is 11.3. The van der Waals surface area contributed by atoms with Crippen LogP contribution in [-0.2, 0) is 0 Å². The van der Waals surface area contributed by atoms with Gasteiger partial charge in [0.15, 0.2) is 5.76 Å². The van der Waals surface area contributed by atoms with E-state index in [1.165, 1.54) is 6.21 Å². The number of hydrogen-bond acceptors (Lipinski definition) is 4. The summed E-state index contributed by atoms with van der Waals surface area (Å²) in [6.07, 6.45) is 3.71. The average Bonchev–Trinajstić information content (AvgIpc) is 2.86. The molecule has 19 heavy (non-hydrogen) atoms. The van der Waals surface area contributed by atoms with Gasteiger partial charge >= 0.3 is 0 Å². The van der Waals surface area contributed by atoms with Gasteiger partial charge in [0.05, 0.1) is 6.26 Å². The molecule has 0 spiro atoms. The van der Waals surface area contributed by atoms with Crippen LogP contribution in [0, 0.1) is 5.21 Å². The molecule has 6 heteroatoms. The fraction of sp³-hybridized carbons (Fsp3) is 0.538. The van der Waals surface area contributed by atoms with Gasteiger partial charge in [0.2, 0.25) is 6.21 Å². The van der Waals surface area contributed by atoms with Gasteiger partial charge < -0.3 is 9.62 Å². The quantitative estimate of drug-likeness (QED) is 0.281. The van der Waals surface area contributed by atoms with Crippen LogP contribution < -0.4 is 0 Å². The van der Waals surface area contributed by atoms with Crippen LogP contribution in [0.15, 0.2) is 22.8 Å². The summed E-state index contributed by atoms with van der Waals surface area (Å²) in [5.41, 5.74) is 0. The van der Waals surface area contributed by atoms with E-state index in [4.69, 9.17) is 16.6 Å². The molecule has 1 aromatic rings. The molecule has 0 bridgehead atoms. The SMILES string of the molecule is CCCN1C(=S)SC(C)(C)[C@@H]1/[N+]([O-])=C/c1ccco1. The molecule has 1 saturated heterocycles. The minimum absolute atomic E-state index is 0.239. The molecule has 1 atom stereocenters. The number of thiocarbonyl (C=S) groups is 1. The van der Waals surface area contributed by atoms with Crippen molar-refractivity contribution in [2.75, 3.05) is 6.54 Å². The predicted octanol–water partition coefficient (Wildman–Crippen LogP) is 3.06. The van der Waals surface area contributed by atoms with Crippen molar-refractivity contribution in [1.29, 1.82) is 0 Å². The van der Waals surface area contributed by atoms with Crippen LogP contribution in [0.1, 0.15) is 33.0 Å². The summed E-state index contributed by atoms with van der Waals surface area (Å²) in [6.45, 7) is 6.97. The van der Waals surface area contributed by atoms with Crippen molar-refractivity contribution in [1.82, 2.24) is 4.90 Å². The first kappa shape index (κ1) is 14.4. The Kier molecular flexibility index (Phi) is 4.20. The van der Waals surface area contributed by atoms with Gasteiger partial charge in [-0.15, -0.1) is 0 Å². The number of hydroxylamine groups is 1. The largest absolute Gasteiger partial charge is 0.622 e. The lowest BCUT2D eigenvalue weighted by molar-refractivity contribution is -0.524. The van der Waals surface area contributed by atoms with Gasteiger partial charge in [-0.2, -0.15) is 4.74 Å². The molecule has 1 aromatic heterocycles. The Balaban J connectivity index is 2.30. The summed E-state index contributed by atoms with van der Waals surface area (Å²) < 4.78 is 6.72. The Bertz CT molecular complexity index is 483. The third-order valence-electron chi connectivity index (χ3n) is 3.01. The first-order valence-electron chi connectivity index (χ1n) is 6.29. The number of thioether (sulfide) groups is 1. The minimum atomic E-state index is -0.296. The highest BCUT2D eigenvalue weighted by Crippen LogP contribution is 2.41. The lowest BCUT2D eigenvalue weighted by Crippen LogP contribution is -2.48. The van der Waals surface area contributed by atoms with E-state index in [0.29, 0.717) is 5.76 Å². The van der Waals surface area contributed by atoms with E-state index >= 15 is 0 Å². The van der Waals surface area contributed by atoms with Gasteiger partial charge in [-0.3, -0.25) is 4.90 Å². The van der Waals surface area contributed by atoms with E-state index in [1.54, 1.807) is 30.2 Å². The smallest absolute Gasteiger partial charge is 0.254 e. The average molecular weight is 298 g/mol. The van der Waals surface area contributed by atoms with Crippen LogP contribution in [0.2, 0.25) is 0 Å². The van der Waals surface area contributed by atoms with Crippen molar-refractivity contribution >= 4 is 34.5 Å². The van der Waals surface area contributed by atoms with E-state index in [1.807, 2.05) is 18.7 Å². The number of furan rings is 1. The highest BCUT2D eigenvalue weighted by molar-refractivity contribution is 8.24. The summed E-state index contributed by atoms with van der Waals surface area (Å²) in [6, 6.07) is 3.53. The summed E-state index contributed by atoms with van der Waals surface area (Å²) in [5.74, 6) is 0.560. The molecule has 0 saturated carbocycles. The Morgan fingerprint density at radius 2 is 2.37 bits per heavy atom. The Morgan fingerprint density at radius 1 is 1.63 bits per heavy atom. The summed E-state index contributed by atoms with van der Waals surface area (Å²) in [7, 11) is 0. The molecular formula is C13H18N2O2S2. The van der Waals surface area contributed by atoms with Crippen molar-refractivity contribution in [2.24, 2.45) is 0 Å². The first-order chi connectivity index (χ1) is 8.95. The molecule has 0 aliphatic carbocycles. The fourth-order valence-electron chi connectivity index (χ4n) is 2.27. The number of rotatable bonds is 4. The van der Waals surface area contributed by atoms with Crippen molar-refractivity contribution in [3.63, 3.8) is 0 Å². The molecule has 0 unspecified atom stereocenters. The van der Waals surface area contributed by atoms with Gasteiger partial charge in [-0.25, -0.2) is 0 Å². The molecule has 0 aromatic carbocycles. The molecule has 4 nitrogen and oxygen atoms in total. The van der Waals surface area contributed by atoms with Crippen LogP contribution in [-0.4, -0.2) is 37.6 Å². The molecule has 1 fully saturated rings. The van der Waals surface area contributed by atoms with Gasteiger partial charge in [0.25, 0.3) is 6.17 Å². The lowest BCUT2D eigenvalue weighted by atomic mass is 10.1. The summed E-state index contributed by atoms with van der Waals surface area (Å²) >= 11 is 6.97. The van der Waals surface area contributed by atoms with Gasteiger partial charge in [-0.05, 0) is 32.4 Å². The highest BCUT2D eigenvalue weighted by Gasteiger charge is 2.50. The summed E-state index contributed by atoms with van der Waals surface area (Å²) in [4.78, 5) is 2.01. The van der Waals surface area contributed by atoms with Crippen molar-refractivity contribution in [3.05, 3.63) is 29.4 Å². The standard InChI is InChI=1S/C13H18N2O2S2/c1-4-7-14-11(13(2,3)19-12(14)18)15(16)9-10-6-5-8-17-10/h5-6,8-9,11H,4,7H2,1-3H3/b15-9-/t11-/m0/s1. The Morgan fingerprint density at radius 3 is 2.95 bits per heavy atom. The van der Waals surface area contributed by atoms with Gasteiger partial charge in [0, 0.05) is 6.54 Å². The van der Waals surface area contributed by atoms with Crippen molar-refractivity contribution < 1.29 is 9.16 Å². The lowest BCUT2D eigenvalue weighted by Gasteiger charge is -2.29. The normalized spacial score (nSPS) is 23.1. The second-order valence-electron chi connectivity index (χ2n) is 5.04. The maximum atomic E-state index is 12.4. The monoisotopic (exact) mass is 298 g/mol. The number of hydrogen-bond donors (Lipinski definition) is 0. The second-order valence-corrected chi connectivity index (χ2v) is 7.33.